The Labute approximate surface area is 89.3 Å². The molecule has 15 heavy (non-hydrogen) atoms. The van der Waals surface area contributed by atoms with E-state index in [9.17, 15) is 9.18 Å². The van der Waals surface area contributed by atoms with Crippen molar-refractivity contribution in [3.05, 3.63) is 35.6 Å². The molecule has 0 saturated carbocycles. The summed E-state index contributed by atoms with van der Waals surface area (Å²) in [7, 11) is 0. The smallest absolute Gasteiger partial charge is 0.137 e. The average Bonchev–Trinajstić information content (AvgIpc) is 2.19. The lowest BCUT2D eigenvalue weighted by molar-refractivity contribution is -0.118. The Hall–Kier alpha value is -1.22. The standard InChI is InChI=1S/C12H16FNO/c1-9(14)2-7-12(15)8-10-3-5-11(13)6-4-10/h3-6,9H,2,7-8,14H2,1H3. The first-order valence-corrected chi connectivity index (χ1v) is 5.09. The van der Waals surface area contributed by atoms with Crippen LogP contribution >= 0.6 is 0 Å². The summed E-state index contributed by atoms with van der Waals surface area (Å²) in [6.07, 6.45) is 1.57. The van der Waals surface area contributed by atoms with E-state index in [1.165, 1.54) is 12.1 Å². The molecule has 1 rings (SSSR count). The third-order valence-corrected chi connectivity index (χ3v) is 2.19. The molecule has 0 aromatic heterocycles. The number of benzene rings is 1. The summed E-state index contributed by atoms with van der Waals surface area (Å²) in [4.78, 5) is 11.5. The number of carbonyl (C=O) groups excluding carboxylic acids is 1. The Morgan fingerprint density at radius 1 is 1.40 bits per heavy atom. The van der Waals surface area contributed by atoms with E-state index in [0.29, 0.717) is 19.3 Å². The predicted molar refractivity (Wildman–Crippen MR) is 58.0 cm³/mol. The molecule has 1 aromatic rings. The molecule has 1 unspecified atom stereocenters. The summed E-state index contributed by atoms with van der Waals surface area (Å²) < 4.78 is 12.6. The van der Waals surface area contributed by atoms with Crippen molar-refractivity contribution in [3.8, 4) is 0 Å². The number of rotatable bonds is 5. The second kappa shape index (κ2) is 5.61. The summed E-state index contributed by atoms with van der Waals surface area (Å²) >= 11 is 0. The highest BCUT2D eigenvalue weighted by Gasteiger charge is 2.05. The summed E-state index contributed by atoms with van der Waals surface area (Å²) in [5, 5.41) is 0. The first kappa shape index (κ1) is 11.9. The van der Waals surface area contributed by atoms with Crippen LogP contribution in [0.4, 0.5) is 4.39 Å². The Morgan fingerprint density at radius 2 is 2.00 bits per heavy atom. The first-order valence-electron chi connectivity index (χ1n) is 5.09. The minimum atomic E-state index is -0.276. The van der Waals surface area contributed by atoms with Crippen LogP contribution in [-0.2, 0) is 11.2 Å². The number of halogens is 1. The lowest BCUT2D eigenvalue weighted by Crippen LogP contribution is -2.16. The minimum Gasteiger partial charge on any atom is -0.328 e. The van der Waals surface area contributed by atoms with Gasteiger partial charge in [-0.05, 0) is 31.0 Å². The number of hydrogen-bond donors (Lipinski definition) is 1. The van der Waals surface area contributed by atoms with Crippen LogP contribution in [0.1, 0.15) is 25.3 Å². The minimum absolute atomic E-state index is 0.0576. The molecule has 0 aliphatic carbocycles. The molecule has 0 saturated heterocycles. The second-order valence-corrected chi connectivity index (χ2v) is 3.86. The maximum atomic E-state index is 12.6. The normalized spacial score (nSPS) is 12.5. The number of nitrogens with two attached hydrogens (primary N) is 1. The van der Waals surface area contributed by atoms with Crippen molar-refractivity contribution >= 4 is 5.78 Å². The van der Waals surface area contributed by atoms with Crippen molar-refractivity contribution in [3.63, 3.8) is 0 Å². The van der Waals surface area contributed by atoms with Crippen LogP contribution in [0.15, 0.2) is 24.3 Å². The Kier molecular flexibility index (Phi) is 4.43. The zero-order chi connectivity index (χ0) is 11.3. The van der Waals surface area contributed by atoms with Gasteiger partial charge in [0.2, 0.25) is 0 Å². The van der Waals surface area contributed by atoms with E-state index in [2.05, 4.69) is 0 Å². The van der Waals surface area contributed by atoms with Crippen molar-refractivity contribution in [1.82, 2.24) is 0 Å². The second-order valence-electron chi connectivity index (χ2n) is 3.86. The first-order chi connectivity index (χ1) is 7.08. The van der Waals surface area contributed by atoms with Crippen molar-refractivity contribution in [1.29, 1.82) is 0 Å². The molecule has 0 amide bonds. The molecule has 1 atom stereocenters. The molecule has 0 aliphatic heterocycles. The molecule has 1 aromatic carbocycles. The topological polar surface area (TPSA) is 43.1 Å². The molecule has 3 heteroatoms. The molecule has 0 heterocycles. The van der Waals surface area contributed by atoms with Gasteiger partial charge in [0.25, 0.3) is 0 Å². The van der Waals surface area contributed by atoms with E-state index in [-0.39, 0.29) is 17.6 Å². The highest BCUT2D eigenvalue weighted by Crippen LogP contribution is 2.06. The van der Waals surface area contributed by atoms with Gasteiger partial charge < -0.3 is 5.73 Å². The molecule has 82 valence electrons. The molecular weight excluding hydrogens is 193 g/mol. The highest BCUT2D eigenvalue weighted by atomic mass is 19.1. The fraction of sp³-hybridized carbons (Fsp3) is 0.417. The van der Waals surface area contributed by atoms with Gasteiger partial charge in [0.15, 0.2) is 0 Å². The number of hydrogen-bond acceptors (Lipinski definition) is 2. The van der Waals surface area contributed by atoms with Gasteiger partial charge >= 0.3 is 0 Å². The van der Waals surface area contributed by atoms with Gasteiger partial charge in [0.1, 0.15) is 11.6 Å². The number of Topliss-reactive ketones (excluding diaryl/α,β-unsaturated/α-hetero) is 1. The highest BCUT2D eigenvalue weighted by molar-refractivity contribution is 5.80. The third-order valence-electron chi connectivity index (χ3n) is 2.19. The van der Waals surface area contributed by atoms with E-state index >= 15 is 0 Å². The van der Waals surface area contributed by atoms with Crippen LogP contribution in [-0.4, -0.2) is 11.8 Å². The third kappa shape index (κ3) is 4.70. The van der Waals surface area contributed by atoms with E-state index in [1.54, 1.807) is 12.1 Å². The van der Waals surface area contributed by atoms with Gasteiger partial charge in [-0.25, -0.2) is 4.39 Å². The largest absolute Gasteiger partial charge is 0.328 e. The van der Waals surface area contributed by atoms with Crippen molar-refractivity contribution in [2.45, 2.75) is 32.2 Å². The van der Waals surface area contributed by atoms with Crippen LogP contribution in [0.2, 0.25) is 0 Å². The van der Waals surface area contributed by atoms with Gasteiger partial charge in [-0.1, -0.05) is 12.1 Å². The molecule has 0 spiro atoms. The zero-order valence-corrected chi connectivity index (χ0v) is 8.87. The van der Waals surface area contributed by atoms with Gasteiger partial charge in [0, 0.05) is 18.9 Å². The fourth-order valence-corrected chi connectivity index (χ4v) is 1.31. The fourth-order valence-electron chi connectivity index (χ4n) is 1.31. The van der Waals surface area contributed by atoms with Crippen LogP contribution < -0.4 is 5.73 Å². The summed E-state index contributed by atoms with van der Waals surface area (Å²) in [6, 6.07) is 6.07. The Bertz CT molecular complexity index is 319. The van der Waals surface area contributed by atoms with Crippen molar-refractivity contribution in [2.24, 2.45) is 5.73 Å². The molecule has 0 fully saturated rings. The van der Waals surface area contributed by atoms with Gasteiger partial charge in [-0.15, -0.1) is 0 Å². The van der Waals surface area contributed by atoms with Gasteiger partial charge in [-0.2, -0.15) is 0 Å². The number of carbonyl (C=O) groups is 1. The van der Waals surface area contributed by atoms with Gasteiger partial charge in [-0.3, -0.25) is 4.79 Å². The Morgan fingerprint density at radius 3 is 2.53 bits per heavy atom. The van der Waals surface area contributed by atoms with Crippen molar-refractivity contribution in [2.75, 3.05) is 0 Å². The van der Waals surface area contributed by atoms with Crippen molar-refractivity contribution < 1.29 is 9.18 Å². The molecular formula is C12H16FNO. The van der Waals surface area contributed by atoms with E-state index in [1.807, 2.05) is 6.92 Å². The zero-order valence-electron chi connectivity index (χ0n) is 8.87. The SMILES string of the molecule is CC(N)CCC(=O)Cc1ccc(F)cc1. The quantitative estimate of drug-likeness (QED) is 0.806. The maximum absolute atomic E-state index is 12.6. The molecule has 0 radical (unpaired) electrons. The van der Waals surface area contributed by atoms with Crippen LogP contribution in [0, 0.1) is 5.82 Å². The summed E-state index contributed by atoms with van der Waals surface area (Å²) in [5.41, 5.74) is 6.40. The average molecular weight is 209 g/mol. The van der Waals surface area contributed by atoms with E-state index in [0.717, 1.165) is 5.56 Å². The molecule has 0 bridgehead atoms. The lowest BCUT2D eigenvalue weighted by Gasteiger charge is -2.04. The van der Waals surface area contributed by atoms with Gasteiger partial charge in [0.05, 0.1) is 0 Å². The molecule has 0 aliphatic rings. The number of ketones is 1. The van der Waals surface area contributed by atoms with E-state index in [4.69, 9.17) is 5.73 Å². The molecule has 2 nitrogen and oxygen atoms in total. The van der Waals surface area contributed by atoms with Crippen LogP contribution in [0.5, 0.6) is 0 Å². The van der Waals surface area contributed by atoms with Crippen LogP contribution in [0.25, 0.3) is 0 Å². The predicted octanol–water partition coefficient (Wildman–Crippen LogP) is 2.06. The Balaban J connectivity index is 2.41. The lowest BCUT2D eigenvalue weighted by atomic mass is 10.0. The maximum Gasteiger partial charge on any atom is 0.137 e. The summed E-state index contributed by atoms with van der Waals surface area (Å²) in [5.74, 6) is -0.124. The molecule has 2 N–H and O–H groups in total. The summed E-state index contributed by atoms with van der Waals surface area (Å²) in [6.45, 7) is 1.88. The van der Waals surface area contributed by atoms with Crippen LogP contribution in [0.3, 0.4) is 0 Å². The van der Waals surface area contributed by atoms with E-state index < -0.39 is 0 Å². The monoisotopic (exact) mass is 209 g/mol.